The molecule has 0 aromatic heterocycles. The summed E-state index contributed by atoms with van der Waals surface area (Å²) < 4.78 is 4.98. The Balaban J connectivity index is 2.53. The van der Waals surface area contributed by atoms with Gasteiger partial charge in [-0.2, -0.15) is 0 Å². The molecular formula is C8H14O2. The number of aliphatic hydroxyl groups is 1. The Bertz CT molecular complexity index is 133. The second-order valence-corrected chi connectivity index (χ2v) is 3.14. The van der Waals surface area contributed by atoms with E-state index < -0.39 is 6.29 Å². The van der Waals surface area contributed by atoms with E-state index >= 15 is 0 Å². The molecule has 1 aliphatic heterocycles. The molecule has 1 N–H and O–H groups in total. The van der Waals surface area contributed by atoms with Gasteiger partial charge in [-0.15, -0.1) is 6.58 Å². The molecule has 1 saturated heterocycles. The zero-order valence-electron chi connectivity index (χ0n) is 6.34. The normalized spacial score (nSPS) is 41.2. The maximum atomic E-state index is 9.11. The van der Waals surface area contributed by atoms with E-state index in [0.717, 1.165) is 6.42 Å². The van der Waals surface area contributed by atoms with E-state index in [9.17, 15) is 0 Å². The van der Waals surface area contributed by atoms with Gasteiger partial charge in [0, 0.05) is 6.42 Å². The average Bonchev–Trinajstić information content (AvgIpc) is 1.88. The first kappa shape index (κ1) is 7.76. The maximum absolute atomic E-state index is 9.11. The van der Waals surface area contributed by atoms with Crippen molar-refractivity contribution in [3.05, 3.63) is 12.7 Å². The summed E-state index contributed by atoms with van der Waals surface area (Å²) in [5, 5.41) is 9.11. The third-order valence-electron chi connectivity index (χ3n) is 2.12. The third kappa shape index (κ3) is 1.58. The van der Waals surface area contributed by atoms with Gasteiger partial charge in [-0.3, -0.25) is 0 Å². The van der Waals surface area contributed by atoms with E-state index in [4.69, 9.17) is 9.84 Å². The Morgan fingerprint density at radius 3 is 2.90 bits per heavy atom. The highest BCUT2D eigenvalue weighted by molar-refractivity contribution is 4.93. The van der Waals surface area contributed by atoms with Crippen molar-refractivity contribution in [2.75, 3.05) is 6.61 Å². The Hall–Kier alpha value is -0.340. The second kappa shape index (κ2) is 2.72. The molecule has 0 radical (unpaired) electrons. The van der Waals surface area contributed by atoms with Gasteiger partial charge in [0.1, 0.15) is 0 Å². The molecule has 0 amide bonds. The largest absolute Gasteiger partial charge is 0.368 e. The molecule has 1 rings (SSSR count). The van der Waals surface area contributed by atoms with Gasteiger partial charge in [-0.1, -0.05) is 13.0 Å². The van der Waals surface area contributed by atoms with Gasteiger partial charge in [0.05, 0.1) is 6.61 Å². The van der Waals surface area contributed by atoms with Crippen LogP contribution in [0.3, 0.4) is 0 Å². The van der Waals surface area contributed by atoms with Crippen LogP contribution in [0.4, 0.5) is 0 Å². The summed E-state index contributed by atoms with van der Waals surface area (Å²) in [6.07, 6.45) is 2.96. The van der Waals surface area contributed by atoms with E-state index in [1.54, 1.807) is 0 Å². The van der Waals surface area contributed by atoms with E-state index in [0.29, 0.717) is 13.0 Å². The van der Waals surface area contributed by atoms with Crippen LogP contribution in [0, 0.1) is 5.41 Å². The molecule has 1 fully saturated rings. The highest BCUT2D eigenvalue weighted by Crippen LogP contribution is 2.32. The van der Waals surface area contributed by atoms with Gasteiger partial charge in [0.2, 0.25) is 0 Å². The smallest absolute Gasteiger partial charge is 0.155 e. The van der Waals surface area contributed by atoms with Crippen molar-refractivity contribution in [3.63, 3.8) is 0 Å². The van der Waals surface area contributed by atoms with Crippen molar-refractivity contribution in [1.29, 1.82) is 0 Å². The number of hydrogen-bond acceptors (Lipinski definition) is 2. The van der Waals surface area contributed by atoms with Crippen molar-refractivity contribution < 1.29 is 9.84 Å². The highest BCUT2D eigenvalue weighted by Gasteiger charge is 2.28. The van der Waals surface area contributed by atoms with Crippen LogP contribution in [0.15, 0.2) is 12.7 Å². The Kier molecular flexibility index (Phi) is 2.11. The number of ether oxygens (including phenoxy) is 1. The number of rotatable bonds is 1. The predicted molar refractivity (Wildman–Crippen MR) is 39.5 cm³/mol. The maximum Gasteiger partial charge on any atom is 0.155 e. The fraction of sp³-hybridized carbons (Fsp3) is 0.750. The lowest BCUT2D eigenvalue weighted by atomic mass is 9.82. The lowest BCUT2D eigenvalue weighted by molar-refractivity contribution is -0.148. The molecule has 2 heteroatoms. The third-order valence-corrected chi connectivity index (χ3v) is 2.12. The van der Waals surface area contributed by atoms with Gasteiger partial charge >= 0.3 is 0 Å². The molecule has 1 aliphatic rings. The number of hydrogen-bond donors (Lipinski definition) is 1. The molecule has 10 heavy (non-hydrogen) atoms. The minimum absolute atomic E-state index is 0.0810. The molecular weight excluding hydrogens is 128 g/mol. The first-order valence-corrected chi connectivity index (χ1v) is 3.59. The fourth-order valence-corrected chi connectivity index (χ4v) is 1.17. The van der Waals surface area contributed by atoms with Gasteiger partial charge in [0.15, 0.2) is 6.29 Å². The first-order valence-electron chi connectivity index (χ1n) is 3.59. The molecule has 0 bridgehead atoms. The van der Waals surface area contributed by atoms with E-state index in [2.05, 4.69) is 13.5 Å². The van der Waals surface area contributed by atoms with Crippen molar-refractivity contribution in [2.24, 2.45) is 5.41 Å². The van der Waals surface area contributed by atoms with E-state index in [1.165, 1.54) is 0 Å². The minimum atomic E-state index is -0.586. The Morgan fingerprint density at radius 1 is 1.80 bits per heavy atom. The summed E-state index contributed by atoms with van der Waals surface area (Å²) in [6, 6.07) is 0. The van der Waals surface area contributed by atoms with Crippen LogP contribution in [0.25, 0.3) is 0 Å². The molecule has 2 nitrogen and oxygen atoms in total. The summed E-state index contributed by atoms with van der Waals surface area (Å²) >= 11 is 0. The van der Waals surface area contributed by atoms with Crippen LogP contribution in [-0.4, -0.2) is 18.0 Å². The molecule has 0 aliphatic carbocycles. The summed E-state index contributed by atoms with van der Waals surface area (Å²) in [4.78, 5) is 0. The molecule has 0 aromatic carbocycles. The highest BCUT2D eigenvalue weighted by atomic mass is 16.6. The average molecular weight is 142 g/mol. The lowest BCUT2D eigenvalue weighted by Crippen LogP contribution is -2.31. The van der Waals surface area contributed by atoms with Crippen molar-refractivity contribution in [2.45, 2.75) is 26.1 Å². The first-order chi connectivity index (χ1) is 4.66. The predicted octanol–water partition coefficient (Wildman–Crippen LogP) is 1.31. The minimum Gasteiger partial charge on any atom is -0.368 e. The molecule has 0 spiro atoms. The molecule has 0 saturated carbocycles. The van der Waals surface area contributed by atoms with Crippen LogP contribution in [0.5, 0.6) is 0 Å². The van der Waals surface area contributed by atoms with Crippen LogP contribution in [0.2, 0.25) is 0 Å². The van der Waals surface area contributed by atoms with Crippen molar-refractivity contribution in [3.8, 4) is 0 Å². The Morgan fingerprint density at radius 2 is 2.50 bits per heavy atom. The number of allylic oxidation sites excluding steroid dienone is 1. The fourth-order valence-electron chi connectivity index (χ4n) is 1.17. The van der Waals surface area contributed by atoms with Gasteiger partial charge < -0.3 is 9.84 Å². The number of aliphatic hydroxyl groups excluding tert-OH is 1. The van der Waals surface area contributed by atoms with Crippen LogP contribution in [0.1, 0.15) is 19.8 Å². The summed E-state index contributed by atoms with van der Waals surface area (Å²) in [7, 11) is 0. The standard InChI is InChI=1S/C8H14O2/c1-3-8(2)4-5-10-7(9)6-8/h3,7,9H,1,4-6H2,2H3. The van der Waals surface area contributed by atoms with E-state index in [-0.39, 0.29) is 5.41 Å². The monoisotopic (exact) mass is 142 g/mol. The quantitative estimate of drug-likeness (QED) is 0.559. The molecule has 0 aromatic rings. The summed E-state index contributed by atoms with van der Waals surface area (Å²) in [6.45, 7) is 6.46. The zero-order valence-corrected chi connectivity index (χ0v) is 6.34. The van der Waals surface area contributed by atoms with Crippen LogP contribution < -0.4 is 0 Å². The van der Waals surface area contributed by atoms with Crippen LogP contribution >= 0.6 is 0 Å². The SMILES string of the molecule is C=CC1(C)CCOC(O)C1. The molecule has 1 heterocycles. The van der Waals surface area contributed by atoms with Gasteiger partial charge in [-0.05, 0) is 11.8 Å². The van der Waals surface area contributed by atoms with Crippen LogP contribution in [-0.2, 0) is 4.74 Å². The zero-order chi connectivity index (χ0) is 7.61. The molecule has 2 atom stereocenters. The summed E-state index contributed by atoms with van der Waals surface area (Å²) in [5.41, 5.74) is 0.0810. The Labute approximate surface area is 61.5 Å². The van der Waals surface area contributed by atoms with Gasteiger partial charge in [0.25, 0.3) is 0 Å². The topological polar surface area (TPSA) is 29.5 Å². The molecule has 58 valence electrons. The van der Waals surface area contributed by atoms with Crippen molar-refractivity contribution in [1.82, 2.24) is 0 Å². The lowest BCUT2D eigenvalue weighted by Gasteiger charge is -2.33. The van der Waals surface area contributed by atoms with Gasteiger partial charge in [-0.25, -0.2) is 0 Å². The molecule has 2 unspecified atom stereocenters. The van der Waals surface area contributed by atoms with E-state index in [1.807, 2.05) is 6.08 Å². The second-order valence-electron chi connectivity index (χ2n) is 3.14. The van der Waals surface area contributed by atoms with Crippen molar-refractivity contribution >= 4 is 0 Å². The summed E-state index contributed by atoms with van der Waals surface area (Å²) in [5.74, 6) is 0.